The van der Waals surface area contributed by atoms with Crippen LogP contribution in [-0.2, 0) is 9.53 Å². The summed E-state index contributed by atoms with van der Waals surface area (Å²) in [6.45, 7) is 5.75. The van der Waals surface area contributed by atoms with Gasteiger partial charge in [0.2, 0.25) is 0 Å². The molecule has 2 saturated heterocycles. The molecule has 22 heavy (non-hydrogen) atoms. The van der Waals surface area contributed by atoms with Crippen LogP contribution in [0.3, 0.4) is 0 Å². The molecule has 3 atom stereocenters. The summed E-state index contributed by atoms with van der Waals surface area (Å²) in [5.41, 5.74) is 0.638. The van der Waals surface area contributed by atoms with Crippen molar-refractivity contribution >= 4 is 5.97 Å². The number of hydrogen-bond donors (Lipinski definition) is 1. The van der Waals surface area contributed by atoms with Gasteiger partial charge in [0.1, 0.15) is 11.9 Å². The fourth-order valence-electron chi connectivity index (χ4n) is 3.79. The minimum atomic E-state index is -0.292. The maximum atomic E-state index is 13.5. The highest BCUT2D eigenvalue weighted by Crippen LogP contribution is 2.40. The molecule has 3 rings (SSSR count). The zero-order chi connectivity index (χ0) is 15.9. The summed E-state index contributed by atoms with van der Waals surface area (Å²) in [6, 6.07) is 6.23. The number of rotatable bonds is 3. The van der Waals surface area contributed by atoms with Gasteiger partial charge in [0.05, 0.1) is 6.61 Å². The zero-order valence-electron chi connectivity index (χ0n) is 13.0. The van der Waals surface area contributed by atoms with Gasteiger partial charge in [-0.05, 0) is 17.7 Å². The molecule has 0 unspecified atom stereocenters. The third-order valence-electron chi connectivity index (χ3n) is 4.90. The fourth-order valence-corrected chi connectivity index (χ4v) is 3.79. The Hall–Kier alpha value is -1.46. The lowest BCUT2D eigenvalue weighted by atomic mass is 9.86. The number of ether oxygens (including phenoxy) is 1. The van der Waals surface area contributed by atoms with E-state index in [1.807, 2.05) is 19.9 Å². The highest BCUT2D eigenvalue weighted by molar-refractivity contribution is 5.79. The summed E-state index contributed by atoms with van der Waals surface area (Å²) >= 11 is 0. The van der Waals surface area contributed by atoms with Crippen molar-refractivity contribution in [2.24, 2.45) is 11.3 Å². The van der Waals surface area contributed by atoms with Crippen LogP contribution < -0.4 is 0 Å². The first-order valence-electron chi connectivity index (χ1n) is 7.69. The average molecular weight is 307 g/mol. The van der Waals surface area contributed by atoms with Crippen LogP contribution >= 0.6 is 0 Å². The van der Waals surface area contributed by atoms with Crippen molar-refractivity contribution < 1.29 is 19.0 Å². The molecule has 5 heteroatoms. The van der Waals surface area contributed by atoms with Gasteiger partial charge in [-0.15, -0.1) is 0 Å². The number of hydrogen-bond acceptors (Lipinski definition) is 4. The van der Waals surface area contributed by atoms with Gasteiger partial charge < -0.3 is 9.84 Å². The van der Waals surface area contributed by atoms with Crippen LogP contribution in [0.25, 0.3) is 0 Å². The number of nitrogens with zero attached hydrogens (tertiary/aromatic N) is 1. The summed E-state index contributed by atoms with van der Waals surface area (Å²) in [7, 11) is 0. The van der Waals surface area contributed by atoms with E-state index in [2.05, 4.69) is 4.90 Å². The molecule has 120 valence electrons. The first-order valence-corrected chi connectivity index (χ1v) is 7.69. The molecule has 4 nitrogen and oxygen atoms in total. The second-order valence-electron chi connectivity index (χ2n) is 7.06. The number of cyclic esters (lactones) is 1. The van der Waals surface area contributed by atoms with E-state index in [-0.39, 0.29) is 41.7 Å². The van der Waals surface area contributed by atoms with E-state index in [1.54, 1.807) is 6.07 Å². The van der Waals surface area contributed by atoms with Crippen LogP contribution in [0.2, 0.25) is 0 Å². The van der Waals surface area contributed by atoms with Crippen LogP contribution in [0.4, 0.5) is 4.39 Å². The molecule has 1 aromatic carbocycles. The number of benzene rings is 1. The first-order chi connectivity index (χ1) is 10.4. The molecule has 2 aliphatic heterocycles. The highest BCUT2D eigenvalue weighted by Gasteiger charge is 2.50. The van der Waals surface area contributed by atoms with Crippen LogP contribution in [0.5, 0.6) is 0 Å². The van der Waals surface area contributed by atoms with Gasteiger partial charge in [-0.3, -0.25) is 9.69 Å². The number of carbonyl (C=O) groups excluding carboxylic acids is 1. The summed E-state index contributed by atoms with van der Waals surface area (Å²) in [5, 5.41) is 9.69. The molecular formula is C17H22FNO3. The molecule has 0 saturated carbocycles. The SMILES string of the molecule is CC1(C)COC(=O)[C@@H]1N1C[C@H](CO)[C@@H](c2cccc(F)c2)C1. The number of halogens is 1. The summed E-state index contributed by atoms with van der Waals surface area (Å²) in [5.74, 6) is -0.425. The number of aliphatic hydroxyl groups excluding tert-OH is 1. The van der Waals surface area contributed by atoms with Gasteiger partial charge in [0.25, 0.3) is 0 Å². The molecule has 0 bridgehead atoms. The molecule has 0 radical (unpaired) electrons. The van der Waals surface area contributed by atoms with Crippen LogP contribution in [0, 0.1) is 17.2 Å². The van der Waals surface area contributed by atoms with Crippen LogP contribution in [-0.4, -0.2) is 48.3 Å². The monoisotopic (exact) mass is 307 g/mol. The van der Waals surface area contributed by atoms with Crippen LogP contribution in [0.1, 0.15) is 25.3 Å². The second kappa shape index (κ2) is 5.63. The van der Waals surface area contributed by atoms with Crippen molar-refractivity contribution in [2.45, 2.75) is 25.8 Å². The molecule has 0 spiro atoms. The fraction of sp³-hybridized carbons (Fsp3) is 0.588. The molecular weight excluding hydrogens is 285 g/mol. The van der Waals surface area contributed by atoms with Gasteiger partial charge in [-0.1, -0.05) is 26.0 Å². The van der Waals surface area contributed by atoms with E-state index < -0.39 is 0 Å². The molecule has 2 heterocycles. The Morgan fingerprint density at radius 3 is 2.77 bits per heavy atom. The number of likely N-dealkylation sites (tertiary alicyclic amines) is 1. The molecule has 2 fully saturated rings. The minimum Gasteiger partial charge on any atom is -0.464 e. The van der Waals surface area contributed by atoms with Gasteiger partial charge >= 0.3 is 5.97 Å². The van der Waals surface area contributed by atoms with E-state index in [9.17, 15) is 14.3 Å². The number of esters is 1. The number of aliphatic hydroxyl groups is 1. The molecule has 0 aliphatic carbocycles. The smallest absolute Gasteiger partial charge is 0.324 e. The quantitative estimate of drug-likeness (QED) is 0.865. The lowest BCUT2D eigenvalue weighted by Gasteiger charge is -2.30. The summed E-state index contributed by atoms with van der Waals surface area (Å²) < 4.78 is 18.7. The Balaban J connectivity index is 1.85. The maximum absolute atomic E-state index is 13.5. The Morgan fingerprint density at radius 2 is 2.18 bits per heavy atom. The lowest BCUT2D eigenvalue weighted by Crippen LogP contribution is -2.45. The average Bonchev–Trinajstić information content (AvgIpc) is 2.99. The second-order valence-corrected chi connectivity index (χ2v) is 7.06. The predicted molar refractivity (Wildman–Crippen MR) is 79.8 cm³/mol. The maximum Gasteiger partial charge on any atom is 0.324 e. The van der Waals surface area contributed by atoms with E-state index >= 15 is 0 Å². The molecule has 0 amide bonds. The Labute approximate surface area is 129 Å². The van der Waals surface area contributed by atoms with Crippen molar-refractivity contribution in [3.05, 3.63) is 35.6 Å². The molecule has 2 aliphatic rings. The third-order valence-corrected chi connectivity index (χ3v) is 4.90. The normalized spacial score (nSPS) is 31.5. The Bertz CT molecular complexity index is 575. The van der Waals surface area contributed by atoms with Crippen molar-refractivity contribution in [3.63, 3.8) is 0 Å². The predicted octanol–water partition coefficient (Wildman–Crippen LogP) is 1.78. The van der Waals surface area contributed by atoms with Crippen LogP contribution in [0.15, 0.2) is 24.3 Å². The first kappa shape index (κ1) is 15.4. The summed E-state index contributed by atoms with van der Waals surface area (Å²) in [4.78, 5) is 14.2. The minimum absolute atomic E-state index is 0.00556. The van der Waals surface area contributed by atoms with Crippen molar-refractivity contribution in [2.75, 3.05) is 26.3 Å². The molecule has 1 aromatic rings. The highest BCUT2D eigenvalue weighted by atomic mass is 19.1. The van der Waals surface area contributed by atoms with E-state index in [1.165, 1.54) is 12.1 Å². The van der Waals surface area contributed by atoms with Crippen molar-refractivity contribution in [1.82, 2.24) is 4.90 Å². The topological polar surface area (TPSA) is 49.8 Å². The van der Waals surface area contributed by atoms with Gasteiger partial charge in [0, 0.05) is 36.9 Å². The zero-order valence-corrected chi connectivity index (χ0v) is 13.0. The third kappa shape index (κ3) is 2.63. The van der Waals surface area contributed by atoms with E-state index in [4.69, 9.17) is 4.74 Å². The molecule has 1 N–H and O–H groups in total. The van der Waals surface area contributed by atoms with Crippen molar-refractivity contribution in [3.8, 4) is 0 Å². The Morgan fingerprint density at radius 1 is 1.41 bits per heavy atom. The lowest BCUT2D eigenvalue weighted by molar-refractivity contribution is -0.142. The summed E-state index contributed by atoms with van der Waals surface area (Å²) in [6.07, 6.45) is 0. The Kier molecular flexibility index (Phi) is 3.95. The van der Waals surface area contributed by atoms with E-state index in [0.717, 1.165) is 5.56 Å². The van der Waals surface area contributed by atoms with Gasteiger partial charge in [-0.25, -0.2) is 4.39 Å². The van der Waals surface area contributed by atoms with Gasteiger partial charge in [0.15, 0.2) is 0 Å². The van der Waals surface area contributed by atoms with E-state index in [0.29, 0.717) is 19.7 Å². The standard InChI is InChI=1S/C17H22FNO3/c1-17(2)10-22-16(21)15(17)19-7-12(9-20)14(8-19)11-4-3-5-13(18)6-11/h3-6,12,14-15,20H,7-10H2,1-2H3/t12-,14-,15+/m1/s1. The number of carbonyl (C=O) groups is 1. The van der Waals surface area contributed by atoms with Crippen molar-refractivity contribution in [1.29, 1.82) is 0 Å². The van der Waals surface area contributed by atoms with Gasteiger partial charge in [-0.2, -0.15) is 0 Å². The largest absolute Gasteiger partial charge is 0.464 e. The molecule has 0 aromatic heterocycles.